The lowest BCUT2D eigenvalue weighted by molar-refractivity contribution is 0.891. The second-order valence-electron chi connectivity index (χ2n) is 4.24. The van der Waals surface area contributed by atoms with Gasteiger partial charge in [0.05, 0.1) is 0 Å². The van der Waals surface area contributed by atoms with Crippen LogP contribution in [0.4, 0.5) is 11.5 Å². The zero-order chi connectivity index (χ0) is 12.3. The zero-order valence-corrected chi connectivity index (χ0v) is 10.2. The average Bonchev–Trinajstić information content (AvgIpc) is 2.32. The van der Waals surface area contributed by atoms with Gasteiger partial charge >= 0.3 is 0 Å². The lowest BCUT2D eigenvalue weighted by Gasteiger charge is -2.20. The van der Waals surface area contributed by atoms with Gasteiger partial charge in [-0.05, 0) is 36.2 Å². The topological polar surface area (TPSA) is 42.2 Å². The number of anilines is 2. The van der Waals surface area contributed by atoms with Gasteiger partial charge in [0, 0.05) is 25.5 Å². The lowest BCUT2D eigenvalue weighted by atomic mass is 10.2. The molecule has 2 rings (SSSR count). The number of hydrogen-bond donors (Lipinski definition) is 1. The Morgan fingerprint density at radius 3 is 2.53 bits per heavy atom. The summed E-state index contributed by atoms with van der Waals surface area (Å²) < 4.78 is 0. The van der Waals surface area contributed by atoms with Gasteiger partial charge in [0.25, 0.3) is 0 Å². The summed E-state index contributed by atoms with van der Waals surface area (Å²) in [6, 6.07) is 12.0. The normalized spacial score (nSPS) is 10.2. The molecule has 2 aromatic rings. The molecule has 1 aromatic heterocycles. The van der Waals surface area contributed by atoms with E-state index in [-0.39, 0.29) is 0 Å². The van der Waals surface area contributed by atoms with E-state index in [1.54, 1.807) is 0 Å². The molecular formula is C14H17N3. The van der Waals surface area contributed by atoms with Crippen molar-refractivity contribution in [1.29, 1.82) is 0 Å². The van der Waals surface area contributed by atoms with Gasteiger partial charge in [-0.2, -0.15) is 0 Å². The minimum Gasteiger partial charge on any atom is -0.399 e. The van der Waals surface area contributed by atoms with Crippen molar-refractivity contribution in [1.82, 2.24) is 4.98 Å². The number of nitrogens with two attached hydrogens (primary N) is 1. The van der Waals surface area contributed by atoms with Crippen molar-refractivity contribution >= 4 is 11.5 Å². The number of aromatic nitrogens is 1. The summed E-state index contributed by atoms with van der Waals surface area (Å²) in [6.45, 7) is 2.90. The molecule has 2 N–H and O–H groups in total. The molecule has 0 saturated carbocycles. The maximum Gasteiger partial charge on any atom is 0.131 e. The minimum atomic E-state index is 0.797. The zero-order valence-electron chi connectivity index (χ0n) is 10.2. The van der Waals surface area contributed by atoms with Crippen LogP contribution in [-0.4, -0.2) is 12.0 Å². The summed E-state index contributed by atoms with van der Waals surface area (Å²) in [6.07, 6.45) is 1.82. The van der Waals surface area contributed by atoms with Crippen molar-refractivity contribution in [2.24, 2.45) is 0 Å². The Balaban J connectivity index is 2.14. The Morgan fingerprint density at radius 1 is 1.18 bits per heavy atom. The summed E-state index contributed by atoms with van der Waals surface area (Å²) in [4.78, 5) is 6.53. The maximum atomic E-state index is 5.67. The van der Waals surface area contributed by atoms with E-state index in [2.05, 4.69) is 22.9 Å². The van der Waals surface area contributed by atoms with Crippen LogP contribution in [0.5, 0.6) is 0 Å². The molecule has 0 amide bonds. The van der Waals surface area contributed by atoms with Gasteiger partial charge in [0.15, 0.2) is 0 Å². The number of pyridine rings is 1. The van der Waals surface area contributed by atoms with Gasteiger partial charge in [-0.3, -0.25) is 0 Å². The summed E-state index contributed by atoms with van der Waals surface area (Å²) in [5.41, 5.74) is 8.88. The van der Waals surface area contributed by atoms with Crippen LogP contribution in [-0.2, 0) is 6.54 Å². The van der Waals surface area contributed by atoms with Gasteiger partial charge in [-0.15, -0.1) is 0 Å². The Kier molecular flexibility index (Phi) is 3.28. The van der Waals surface area contributed by atoms with Gasteiger partial charge in [0.2, 0.25) is 0 Å². The van der Waals surface area contributed by atoms with Crippen LogP contribution < -0.4 is 10.6 Å². The van der Waals surface area contributed by atoms with E-state index in [0.29, 0.717) is 0 Å². The first kappa shape index (κ1) is 11.5. The van der Waals surface area contributed by atoms with E-state index in [9.17, 15) is 0 Å². The van der Waals surface area contributed by atoms with E-state index in [0.717, 1.165) is 18.1 Å². The summed E-state index contributed by atoms with van der Waals surface area (Å²) >= 11 is 0. The Labute approximate surface area is 102 Å². The SMILES string of the molecule is Cc1cccnc1N(C)Cc1ccc(N)cc1. The van der Waals surface area contributed by atoms with E-state index in [4.69, 9.17) is 5.73 Å². The summed E-state index contributed by atoms with van der Waals surface area (Å²) in [5, 5.41) is 0. The molecule has 1 aromatic carbocycles. The first-order chi connectivity index (χ1) is 8.16. The molecule has 0 unspecified atom stereocenters. The largest absolute Gasteiger partial charge is 0.399 e. The van der Waals surface area contributed by atoms with Crippen molar-refractivity contribution in [2.45, 2.75) is 13.5 Å². The smallest absolute Gasteiger partial charge is 0.131 e. The molecular weight excluding hydrogens is 210 g/mol. The number of nitrogens with zero attached hydrogens (tertiary/aromatic N) is 2. The van der Waals surface area contributed by atoms with Crippen molar-refractivity contribution < 1.29 is 0 Å². The second-order valence-corrected chi connectivity index (χ2v) is 4.24. The monoisotopic (exact) mass is 227 g/mol. The fourth-order valence-electron chi connectivity index (χ4n) is 1.85. The molecule has 0 fully saturated rings. The van der Waals surface area contributed by atoms with Crippen LogP contribution in [0.2, 0.25) is 0 Å². The minimum absolute atomic E-state index is 0.797. The van der Waals surface area contributed by atoms with Gasteiger partial charge in [-0.1, -0.05) is 18.2 Å². The molecule has 0 bridgehead atoms. The van der Waals surface area contributed by atoms with Crippen LogP contribution in [0.15, 0.2) is 42.6 Å². The first-order valence-corrected chi connectivity index (χ1v) is 5.64. The van der Waals surface area contributed by atoms with E-state index in [1.165, 1.54) is 11.1 Å². The quantitative estimate of drug-likeness (QED) is 0.819. The van der Waals surface area contributed by atoms with E-state index < -0.39 is 0 Å². The first-order valence-electron chi connectivity index (χ1n) is 5.64. The summed E-state index contributed by atoms with van der Waals surface area (Å²) in [5.74, 6) is 1.02. The average molecular weight is 227 g/mol. The Morgan fingerprint density at radius 2 is 1.88 bits per heavy atom. The molecule has 0 aliphatic rings. The highest BCUT2D eigenvalue weighted by atomic mass is 15.2. The number of aryl methyl sites for hydroxylation is 1. The number of hydrogen-bond acceptors (Lipinski definition) is 3. The fourth-order valence-corrected chi connectivity index (χ4v) is 1.85. The third-order valence-corrected chi connectivity index (χ3v) is 2.74. The standard InChI is InChI=1S/C14H17N3/c1-11-4-3-9-16-14(11)17(2)10-12-5-7-13(15)8-6-12/h3-9H,10,15H2,1-2H3. The Bertz CT molecular complexity index is 491. The number of benzene rings is 1. The number of rotatable bonds is 3. The van der Waals surface area contributed by atoms with Crippen molar-refractivity contribution in [3.63, 3.8) is 0 Å². The third kappa shape index (κ3) is 2.75. The molecule has 0 aliphatic carbocycles. The highest BCUT2D eigenvalue weighted by Crippen LogP contribution is 2.17. The van der Waals surface area contributed by atoms with Crippen molar-refractivity contribution in [2.75, 3.05) is 17.7 Å². The van der Waals surface area contributed by atoms with Crippen LogP contribution >= 0.6 is 0 Å². The van der Waals surface area contributed by atoms with Crippen LogP contribution in [0.25, 0.3) is 0 Å². The Hall–Kier alpha value is -2.03. The van der Waals surface area contributed by atoms with Crippen LogP contribution in [0, 0.1) is 6.92 Å². The molecule has 0 saturated heterocycles. The van der Waals surface area contributed by atoms with Gasteiger partial charge in [0.1, 0.15) is 5.82 Å². The molecule has 17 heavy (non-hydrogen) atoms. The van der Waals surface area contributed by atoms with Crippen LogP contribution in [0.1, 0.15) is 11.1 Å². The molecule has 1 heterocycles. The molecule has 0 spiro atoms. The van der Waals surface area contributed by atoms with Crippen LogP contribution in [0.3, 0.4) is 0 Å². The van der Waals surface area contributed by atoms with Gasteiger partial charge < -0.3 is 10.6 Å². The fraction of sp³-hybridized carbons (Fsp3) is 0.214. The maximum absolute atomic E-state index is 5.67. The van der Waals surface area contributed by atoms with Gasteiger partial charge in [-0.25, -0.2) is 4.98 Å². The molecule has 3 heteroatoms. The number of nitrogen functional groups attached to an aromatic ring is 1. The van der Waals surface area contributed by atoms with E-state index in [1.807, 2.05) is 43.6 Å². The molecule has 0 aliphatic heterocycles. The molecule has 0 radical (unpaired) electrons. The molecule has 88 valence electrons. The predicted molar refractivity (Wildman–Crippen MR) is 71.9 cm³/mol. The molecule has 3 nitrogen and oxygen atoms in total. The lowest BCUT2D eigenvalue weighted by Crippen LogP contribution is -2.18. The van der Waals surface area contributed by atoms with Crippen molar-refractivity contribution in [3.8, 4) is 0 Å². The second kappa shape index (κ2) is 4.87. The summed E-state index contributed by atoms with van der Waals surface area (Å²) in [7, 11) is 2.05. The van der Waals surface area contributed by atoms with E-state index >= 15 is 0 Å². The highest BCUT2D eigenvalue weighted by Gasteiger charge is 2.05. The highest BCUT2D eigenvalue weighted by molar-refractivity contribution is 5.46. The molecule has 0 atom stereocenters. The van der Waals surface area contributed by atoms with Crippen molar-refractivity contribution in [3.05, 3.63) is 53.7 Å². The predicted octanol–water partition coefficient (Wildman–Crippen LogP) is 2.61. The third-order valence-electron chi connectivity index (χ3n) is 2.74.